The number of halogens is 4. The number of aliphatic hydroxyl groups is 1. The summed E-state index contributed by atoms with van der Waals surface area (Å²) in [5.74, 6) is -0.676. The van der Waals surface area contributed by atoms with Gasteiger partial charge in [0.2, 0.25) is 6.41 Å². The van der Waals surface area contributed by atoms with Crippen molar-refractivity contribution in [2.45, 2.75) is 44.4 Å². The fourth-order valence-corrected chi connectivity index (χ4v) is 3.38. The monoisotopic (exact) mass is 410 g/mol. The van der Waals surface area contributed by atoms with Crippen molar-refractivity contribution >= 4 is 6.41 Å². The standard InChI is InChI=1S/C21H22F4N2O2/c1-20(2,29)16-9-17(15(10-26-11-28)12-3-4-12)27-19(18(16)22)13-5-7-14(8-6-13)21(23,24)25/h5-9,11-12,15,29H,3-4,10H2,1-2H3,(H,26,28). The molecule has 1 aromatic heterocycles. The molecule has 1 amide bonds. The molecule has 2 N–H and O–H groups in total. The fourth-order valence-electron chi connectivity index (χ4n) is 3.38. The topological polar surface area (TPSA) is 62.2 Å². The van der Waals surface area contributed by atoms with Crippen LogP contribution in [0.2, 0.25) is 0 Å². The molecule has 2 aromatic rings. The van der Waals surface area contributed by atoms with Gasteiger partial charge in [0.05, 0.1) is 11.2 Å². The molecule has 0 saturated heterocycles. The molecule has 156 valence electrons. The highest BCUT2D eigenvalue weighted by Gasteiger charge is 2.35. The molecule has 1 unspecified atom stereocenters. The van der Waals surface area contributed by atoms with Crippen LogP contribution in [-0.2, 0) is 16.6 Å². The van der Waals surface area contributed by atoms with Crippen LogP contribution in [0.1, 0.15) is 49.4 Å². The summed E-state index contributed by atoms with van der Waals surface area (Å²) < 4.78 is 53.7. The van der Waals surface area contributed by atoms with Gasteiger partial charge in [-0.15, -0.1) is 0 Å². The molecule has 1 aromatic carbocycles. The van der Waals surface area contributed by atoms with Gasteiger partial charge in [-0.05, 0) is 50.8 Å². The van der Waals surface area contributed by atoms with Gasteiger partial charge in [-0.2, -0.15) is 13.2 Å². The van der Waals surface area contributed by atoms with E-state index in [2.05, 4.69) is 10.3 Å². The highest BCUT2D eigenvalue weighted by Crippen LogP contribution is 2.43. The number of nitrogens with zero attached hydrogens (tertiary/aromatic N) is 1. The van der Waals surface area contributed by atoms with Gasteiger partial charge >= 0.3 is 6.18 Å². The van der Waals surface area contributed by atoms with E-state index in [1.54, 1.807) is 0 Å². The summed E-state index contributed by atoms with van der Waals surface area (Å²) in [7, 11) is 0. The smallest absolute Gasteiger partial charge is 0.386 e. The van der Waals surface area contributed by atoms with Gasteiger partial charge in [0.15, 0.2) is 5.82 Å². The van der Waals surface area contributed by atoms with E-state index < -0.39 is 23.2 Å². The lowest BCUT2D eigenvalue weighted by molar-refractivity contribution is -0.137. The molecule has 1 saturated carbocycles. The van der Waals surface area contributed by atoms with E-state index in [1.807, 2.05) is 0 Å². The van der Waals surface area contributed by atoms with Crippen molar-refractivity contribution in [1.82, 2.24) is 10.3 Å². The van der Waals surface area contributed by atoms with Gasteiger partial charge in [-0.3, -0.25) is 4.79 Å². The Morgan fingerprint density at radius 1 is 1.24 bits per heavy atom. The van der Waals surface area contributed by atoms with Crippen molar-refractivity contribution in [1.29, 1.82) is 0 Å². The number of benzene rings is 1. The maximum absolute atomic E-state index is 15.2. The minimum atomic E-state index is -4.50. The second kappa shape index (κ2) is 7.74. The quantitative estimate of drug-likeness (QED) is 0.526. The number of alkyl halides is 3. The molecule has 1 aliphatic rings. The Morgan fingerprint density at radius 2 is 1.86 bits per heavy atom. The number of hydrogen-bond donors (Lipinski definition) is 2. The van der Waals surface area contributed by atoms with E-state index in [-0.39, 0.29) is 28.7 Å². The molecule has 29 heavy (non-hydrogen) atoms. The van der Waals surface area contributed by atoms with Crippen LogP contribution in [-0.4, -0.2) is 23.0 Å². The van der Waals surface area contributed by atoms with Crippen LogP contribution >= 0.6 is 0 Å². The molecule has 0 aliphatic heterocycles. The molecule has 8 heteroatoms. The maximum Gasteiger partial charge on any atom is 0.416 e. The van der Waals surface area contributed by atoms with E-state index in [4.69, 9.17) is 0 Å². The second-order valence-corrected chi connectivity index (χ2v) is 7.86. The van der Waals surface area contributed by atoms with Crippen LogP contribution in [0.25, 0.3) is 11.3 Å². The zero-order valence-electron chi connectivity index (χ0n) is 16.1. The van der Waals surface area contributed by atoms with E-state index in [0.717, 1.165) is 25.0 Å². The molecule has 3 rings (SSSR count). The highest BCUT2D eigenvalue weighted by molar-refractivity contribution is 5.62. The van der Waals surface area contributed by atoms with Crippen LogP contribution in [0, 0.1) is 11.7 Å². The third kappa shape index (κ3) is 4.75. The minimum Gasteiger partial charge on any atom is -0.386 e. The first-order chi connectivity index (χ1) is 13.5. The van der Waals surface area contributed by atoms with Crippen LogP contribution < -0.4 is 5.32 Å². The van der Waals surface area contributed by atoms with Crippen molar-refractivity contribution in [2.24, 2.45) is 5.92 Å². The van der Waals surface area contributed by atoms with Crippen molar-refractivity contribution < 1.29 is 27.5 Å². The summed E-state index contributed by atoms with van der Waals surface area (Å²) in [5.41, 5.74) is -1.80. The third-order valence-corrected chi connectivity index (χ3v) is 5.11. The number of rotatable bonds is 7. The van der Waals surface area contributed by atoms with E-state index in [9.17, 15) is 23.1 Å². The van der Waals surface area contributed by atoms with Gasteiger partial charge in [-0.25, -0.2) is 9.37 Å². The predicted octanol–water partition coefficient (Wildman–Crippen LogP) is 4.37. The first-order valence-electron chi connectivity index (χ1n) is 9.30. The number of hydrogen-bond acceptors (Lipinski definition) is 3. The Kier molecular flexibility index (Phi) is 5.67. The van der Waals surface area contributed by atoms with Crippen LogP contribution in [0.3, 0.4) is 0 Å². The fraction of sp³-hybridized carbons (Fsp3) is 0.429. The average Bonchev–Trinajstić information content (AvgIpc) is 3.46. The lowest BCUT2D eigenvalue weighted by Crippen LogP contribution is -2.25. The number of nitrogens with one attached hydrogen (secondary N) is 1. The van der Waals surface area contributed by atoms with Crippen molar-refractivity contribution in [3.63, 3.8) is 0 Å². The molecule has 1 heterocycles. The van der Waals surface area contributed by atoms with Gasteiger partial charge in [0.1, 0.15) is 5.69 Å². The highest BCUT2D eigenvalue weighted by atomic mass is 19.4. The SMILES string of the molecule is CC(C)(O)c1cc(C(CNC=O)C2CC2)nc(-c2ccc(C(F)(F)F)cc2)c1F. The second-order valence-electron chi connectivity index (χ2n) is 7.86. The van der Waals surface area contributed by atoms with Gasteiger partial charge in [0, 0.05) is 29.3 Å². The van der Waals surface area contributed by atoms with Crippen LogP contribution in [0.15, 0.2) is 30.3 Å². The lowest BCUT2D eigenvalue weighted by Gasteiger charge is -2.24. The summed E-state index contributed by atoms with van der Waals surface area (Å²) >= 11 is 0. The average molecular weight is 410 g/mol. The summed E-state index contributed by atoms with van der Waals surface area (Å²) in [6.07, 6.45) is -2.04. The molecule has 4 nitrogen and oxygen atoms in total. The number of aromatic nitrogens is 1. The van der Waals surface area contributed by atoms with Crippen LogP contribution in [0.5, 0.6) is 0 Å². The molecule has 0 spiro atoms. The first kappa shape index (κ1) is 21.2. The van der Waals surface area contributed by atoms with Gasteiger partial charge < -0.3 is 10.4 Å². The molecule has 0 radical (unpaired) electrons. The van der Waals surface area contributed by atoms with E-state index in [0.29, 0.717) is 18.6 Å². The molecule has 0 bridgehead atoms. The number of pyridine rings is 1. The largest absolute Gasteiger partial charge is 0.416 e. The Labute approximate surface area is 166 Å². The molecular weight excluding hydrogens is 388 g/mol. The minimum absolute atomic E-state index is 0.00847. The number of carbonyl (C=O) groups is 1. The zero-order chi connectivity index (χ0) is 21.4. The lowest BCUT2D eigenvalue weighted by atomic mass is 9.90. The molecule has 1 aliphatic carbocycles. The Bertz CT molecular complexity index is 885. The summed E-state index contributed by atoms with van der Waals surface area (Å²) in [6, 6.07) is 5.57. The van der Waals surface area contributed by atoms with Crippen molar-refractivity contribution in [3.05, 3.63) is 53.0 Å². The predicted molar refractivity (Wildman–Crippen MR) is 99.4 cm³/mol. The van der Waals surface area contributed by atoms with Gasteiger partial charge in [0.25, 0.3) is 0 Å². The molecular formula is C21H22F4N2O2. The first-order valence-corrected chi connectivity index (χ1v) is 9.30. The van der Waals surface area contributed by atoms with E-state index in [1.165, 1.54) is 32.0 Å². The van der Waals surface area contributed by atoms with Crippen molar-refractivity contribution in [3.8, 4) is 11.3 Å². The number of carbonyl (C=O) groups excluding carboxylic acids is 1. The Morgan fingerprint density at radius 3 is 2.34 bits per heavy atom. The summed E-state index contributed by atoms with van der Waals surface area (Å²) in [6.45, 7) is 3.17. The Balaban J connectivity index is 2.11. The zero-order valence-corrected chi connectivity index (χ0v) is 16.1. The normalized spacial score (nSPS) is 15.8. The summed E-state index contributed by atoms with van der Waals surface area (Å²) in [4.78, 5) is 15.1. The molecule has 1 atom stereocenters. The van der Waals surface area contributed by atoms with Crippen molar-refractivity contribution in [2.75, 3.05) is 6.54 Å². The van der Waals surface area contributed by atoms with Crippen LogP contribution in [0.4, 0.5) is 17.6 Å². The Hall–Kier alpha value is -2.48. The third-order valence-electron chi connectivity index (χ3n) is 5.11. The summed E-state index contributed by atoms with van der Waals surface area (Å²) in [5, 5.41) is 13.1. The van der Waals surface area contributed by atoms with E-state index >= 15 is 4.39 Å². The number of amides is 1. The van der Waals surface area contributed by atoms with Gasteiger partial charge in [-0.1, -0.05) is 12.1 Å². The maximum atomic E-state index is 15.2. The molecule has 1 fully saturated rings.